The van der Waals surface area contributed by atoms with E-state index < -0.39 is 0 Å². The number of hydrogen-bond donors (Lipinski definition) is 1. The molecule has 0 saturated carbocycles. The Bertz CT molecular complexity index is 267. The molecule has 0 saturated heterocycles. The first-order chi connectivity index (χ1) is 7.43. The van der Waals surface area contributed by atoms with E-state index in [0.29, 0.717) is 6.61 Å². The van der Waals surface area contributed by atoms with Crippen LogP contribution >= 0.6 is 0 Å². The average Bonchev–Trinajstić information content (AvgIpc) is 2.29. The summed E-state index contributed by atoms with van der Waals surface area (Å²) in [4.78, 5) is 0. The summed E-state index contributed by atoms with van der Waals surface area (Å²) in [6.07, 6.45) is 5.63. The Morgan fingerprint density at radius 3 is 2.67 bits per heavy atom. The fourth-order valence-corrected chi connectivity index (χ4v) is 1.32. The molecule has 0 amide bonds. The highest BCUT2D eigenvalue weighted by Gasteiger charge is 1.91. The first-order valence-electron chi connectivity index (χ1n) is 5.31. The molecule has 0 aliphatic carbocycles. The highest BCUT2D eigenvalue weighted by Crippen LogP contribution is 2.02. The summed E-state index contributed by atoms with van der Waals surface area (Å²) in [6, 6.07) is 10.4. The van der Waals surface area contributed by atoms with Gasteiger partial charge < -0.3 is 9.84 Å². The van der Waals surface area contributed by atoms with Crippen molar-refractivity contribution in [3.05, 3.63) is 48.0 Å². The molecule has 0 unspecified atom stereocenters. The molecular formula is C13H18O2. The standard InChI is InChI=1S/C13H18O2/c14-10-4-5-11-15-12-6-9-13-7-2-1-3-8-13/h1-5,7-8,14H,6,9-12H2/b5-4+. The zero-order valence-corrected chi connectivity index (χ0v) is 8.93. The minimum atomic E-state index is 0.0907. The molecule has 0 radical (unpaired) electrons. The highest BCUT2D eigenvalue weighted by atomic mass is 16.5. The van der Waals surface area contributed by atoms with Crippen LogP contribution < -0.4 is 0 Å². The van der Waals surface area contributed by atoms with Crippen molar-refractivity contribution in [3.63, 3.8) is 0 Å². The molecule has 1 N–H and O–H groups in total. The molecule has 15 heavy (non-hydrogen) atoms. The second kappa shape index (κ2) is 8.21. The van der Waals surface area contributed by atoms with Gasteiger partial charge in [-0.2, -0.15) is 0 Å². The van der Waals surface area contributed by atoms with Gasteiger partial charge in [0, 0.05) is 6.61 Å². The van der Waals surface area contributed by atoms with E-state index in [2.05, 4.69) is 24.3 Å². The summed E-state index contributed by atoms with van der Waals surface area (Å²) >= 11 is 0. The van der Waals surface area contributed by atoms with Crippen molar-refractivity contribution < 1.29 is 9.84 Å². The van der Waals surface area contributed by atoms with Crippen LogP contribution in [0.15, 0.2) is 42.5 Å². The first-order valence-corrected chi connectivity index (χ1v) is 5.31. The van der Waals surface area contributed by atoms with E-state index in [9.17, 15) is 0 Å². The molecule has 0 heterocycles. The number of rotatable bonds is 7. The lowest BCUT2D eigenvalue weighted by molar-refractivity contribution is 0.159. The zero-order valence-electron chi connectivity index (χ0n) is 8.93. The molecular weight excluding hydrogens is 188 g/mol. The molecule has 0 fully saturated rings. The maximum absolute atomic E-state index is 8.48. The van der Waals surface area contributed by atoms with E-state index in [-0.39, 0.29) is 6.61 Å². The Morgan fingerprint density at radius 2 is 1.93 bits per heavy atom. The second-order valence-electron chi connectivity index (χ2n) is 3.32. The fraction of sp³-hybridized carbons (Fsp3) is 0.385. The SMILES string of the molecule is OC/C=C/COCCCc1ccccc1. The van der Waals surface area contributed by atoms with Crippen LogP contribution in [0.5, 0.6) is 0 Å². The lowest BCUT2D eigenvalue weighted by Crippen LogP contribution is -1.96. The molecule has 82 valence electrons. The van der Waals surface area contributed by atoms with Crippen molar-refractivity contribution in [2.75, 3.05) is 19.8 Å². The summed E-state index contributed by atoms with van der Waals surface area (Å²) in [6.45, 7) is 1.45. The van der Waals surface area contributed by atoms with Crippen LogP contribution in [0, 0.1) is 0 Å². The van der Waals surface area contributed by atoms with Crippen molar-refractivity contribution >= 4 is 0 Å². The van der Waals surface area contributed by atoms with Crippen LogP contribution in [0.1, 0.15) is 12.0 Å². The smallest absolute Gasteiger partial charge is 0.0648 e. The molecule has 2 nitrogen and oxygen atoms in total. The molecule has 1 aromatic carbocycles. The fourth-order valence-electron chi connectivity index (χ4n) is 1.32. The average molecular weight is 206 g/mol. The minimum absolute atomic E-state index is 0.0907. The Morgan fingerprint density at radius 1 is 1.13 bits per heavy atom. The van der Waals surface area contributed by atoms with Crippen LogP contribution in [0.25, 0.3) is 0 Å². The van der Waals surface area contributed by atoms with Gasteiger partial charge in [-0.05, 0) is 18.4 Å². The molecule has 1 aromatic rings. The van der Waals surface area contributed by atoms with Gasteiger partial charge >= 0.3 is 0 Å². The van der Waals surface area contributed by atoms with E-state index in [4.69, 9.17) is 9.84 Å². The number of hydrogen-bond acceptors (Lipinski definition) is 2. The van der Waals surface area contributed by atoms with Gasteiger partial charge in [-0.3, -0.25) is 0 Å². The van der Waals surface area contributed by atoms with Crippen molar-refractivity contribution in [2.45, 2.75) is 12.8 Å². The number of benzene rings is 1. The lowest BCUT2D eigenvalue weighted by Gasteiger charge is -2.01. The normalized spacial score (nSPS) is 11.0. The zero-order chi connectivity index (χ0) is 10.8. The number of aryl methyl sites for hydroxylation is 1. The van der Waals surface area contributed by atoms with Gasteiger partial charge in [-0.25, -0.2) is 0 Å². The van der Waals surface area contributed by atoms with Gasteiger partial charge in [0.1, 0.15) is 0 Å². The highest BCUT2D eigenvalue weighted by molar-refractivity contribution is 5.14. The summed E-state index contributed by atoms with van der Waals surface area (Å²) in [7, 11) is 0. The molecule has 1 rings (SSSR count). The molecule has 0 aliphatic rings. The van der Waals surface area contributed by atoms with Gasteiger partial charge in [0.2, 0.25) is 0 Å². The van der Waals surface area contributed by atoms with Crippen LogP contribution in [0.3, 0.4) is 0 Å². The van der Waals surface area contributed by atoms with Crippen molar-refractivity contribution in [1.29, 1.82) is 0 Å². The van der Waals surface area contributed by atoms with Crippen LogP contribution in [0.4, 0.5) is 0 Å². The van der Waals surface area contributed by atoms with Crippen molar-refractivity contribution in [1.82, 2.24) is 0 Å². The maximum Gasteiger partial charge on any atom is 0.0648 e. The Labute approximate surface area is 91.2 Å². The quantitative estimate of drug-likeness (QED) is 0.547. The van der Waals surface area contributed by atoms with Gasteiger partial charge in [0.05, 0.1) is 13.2 Å². The largest absolute Gasteiger partial charge is 0.392 e. The Kier molecular flexibility index (Phi) is 6.54. The number of ether oxygens (including phenoxy) is 1. The summed E-state index contributed by atoms with van der Waals surface area (Å²) < 4.78 is 5.36. The van der Waals surface area contributed by atoms with Gasteiger partial charge in [0.15, 0.2) is 0 Å². The number of aliphatic hydroxyl groups is 1. The third-order valence-corrected chi connectivity index (χ3v) is 2.08. The number of aliphatic hydroxyl groups excluding tert-OH is 1. The van der Waals surface area contributed by atoms with Crippen LogP contribution in [-0.4, -0.2) is 24.9 Å². The molecule has 0 aliphatic heterocycles. The predicted molar refractivity (Wildman–Crippen MR) is 61.8 cm³/mol. The summed E-state index contributed by atoms with van der Waals surface area (Å²) in [5, 5.41) is 8.48. The van der Waals surface area contributed by atoms with Crippen molar-refractivity contribution in [2.24, 2.45) is 0 Å². The summed E-state index contributed by atoms with van der Waals surface area (Å²) in [5.74, 6) is 0. The van der Waals surface area contributed by atoms with Crippen molar-refractivity contribution in [3.8, 4) is 0 Å². The Hall–Kier alpha value is -1.12. The molecule has 0 bridgehead atoms. The lowest BCUT2D eigenvalue weighted by atomic mass is 10.1. The van der Waals surface area contributed by atoms with E-state index in [0.717, 1.165) is 19.4 Å². The van der Waals surface area contributed by atoms with Crippen LogP contribution in [-0.2, 0) is 11.2 Å². The van der Waals surface area contributed by atoms with E-state index >= 15 is 0 Å². The van der Waals surface area contributed by atoms with Crippen LogP contribution in [0.2, 0.25) is 0 Å². The topological polar surface area (TPSA) is 29.5 Å². The predicted octanol–water partition coefficient (Wildman–Crippen LogP) is 2.18. The monoisotopic (exact) mass is 206 g/mol. The molecule has 0 atom stereocenters. The first kappa shape index (κ1) is 12.0. The molecule has 2 heteroatoms. The van der Waals surface area contributed by atoms with E-state index in [1.54, 1.807) is 6.08 Å². The second-order valence-corrected chi connectivity index (χ2v) is 3.32. The Balaban J connectivity index is 2.00. The molecule has 0 spiro atoms. The van der Waals surface area contributed by atoms with E-state index in [1.165, 1.54) is 5.56 Å². The third-order valence-electron chi connectivity index (χ3n) is 2.08. The van der Waals surface area contributed by atoms with Gasteiger partial charge in [0.25, 0.3) is 0 Å². The van der Waals surface area contributed by atoms with E-state index in [1.807, 2.05) is 12.1 Å². The molecule has 0 aromatic heterocycles. The summed E-state index contributed by atoms with van der Waals surface area (Å²) in [5.41, 5.74) is 1.35. The third kappa shape index (κ3) is 6.05. The van der Waals surface area contributed by atoms with Gasteiger partial charge in [-0.15, -0.1) is 0 Å². The maximum atomic E-state index is 8.48. The minimum Gasteiger partial charge on any atom is -0.392 e. The van der Waals surface area contributed by atoms with Gasteiger partial charge in [-0.1, -0.05) is 42.5 Å².